The third kappa shape index (κ3) is 0.500. The third-order valence-electron chi connectivity index (χ3n) is 1.26. The molecule has 0 aliphatic heterocycles. The van der Waals surface area contributed by atoms with E-state index in [4.69, 9.17) is 4.52 Å². The van der Waals surface area contributed by atoms with Crippen molar-refractivity contribution in [2.45, 2.75) is 0 Å². The number of hydrogen-bond donors (Lipinski definition) is 0. The largest absolute Gasteiger partial charge is 0.332 e. The molecule has 50 valence electrons. The molecule has 0 spiro atoms. The van der Waals surface area contributed by atoms with Crippen molar-refractivity contribution in [1.29, 1.82) is 0 Å². The fourth-order valence-electron chi connectivity index (χ4n) is 0.799. The molecule has 0 fully saturated rings. The van der Waals surface area contributed by atoms with Gasteiger partial charge in [0.15, 0.2) is 5.82 Å². The molecule has 0 bridgehead atoms. The lowest BCUT2D eigenvalue weighted by atomic mass is 10.6. The first kappa shape index (κ1) is 5.22. The zero-order chi connectivity index (χ0) is 6.97. The van der Waals surface area contributed by atoms with Crippen LogP contribution < -0.4 is 0 Å². The maximum Gasteiger partial charge on any atom is 0.332 e. The van der Waals surface area contributed by atoms with Crippen molar-refractivity contribution in [2.24, 2.45) is 0 Å². The van der Waals surface area contributed by atoms with Crippen molar-refractivity contribution in [3.8, 4) is 0 Å². The standard InChI is InChI=1S/C6H5N3O/c1-2-5-8-10-6-7-3-4-9(5)6/h2-4H,1H2. The summed E-state index contributed by atoms with van der Waals surface area (Å²) in [5.41, 5.74) is 0. The van der Waals surface area contributed by atoms with Crippen LogP contribution in [0.25, 0.3) is 11.9 Å². The number of rotatable bonds is 1. The molecule has 4 heteroatoms. The minimum Gasteiger partial charge on any atom is -0.314 e. The topological polar surface area (TPSA) is 43.3 Å². The van der Waals surface area contributed by atoms with Crippen LogP contribution >= 0.6 is 0 Å². The fraction of sp³-hybridized carbons (Fsp3) is 0. The van der Waals surface area contributed by atoms with Gasteiger partial charge in [0, 0.05) is 12.4 Å². The van der Waals surface area contributed by atoms with Crippen molar-refractivity contribution in [2.75, 3.05) is 0 Å². The molecule has 2 heterocycles. The van der Waals surface area contributed by atoms with E-state index in [1.807, 2.05) is 0 Å². The average molecular weight is 135 g/mol. The number of nitrogens with zero attached hydrogens (tertiary/aromatic N) is 3. The van der Waals surface area contributed by atoms with Gasteiger partial charge in [-0.25, -0.2) is 9.38 Å². The number of imidazole rings is 1. The van der Waals surface area contributed by atoms with Crippen LogP contribution in [0.1, 0.15) is 5.82 Å². The first-order chi connectivity index (χ1) is 4.92. The fourth-order valence-corrected chi connectivity index (χ4v) is 0.799. The predicted octanol–water partition coefficient (Wildman–Crippen LogP) is 0.965. The summed E-state index contributed by atoms with van der Waals surface area (Å²) in [7, 11) is 0. The first-order valence-electron chi connectivity index (χ1n) is 2.83. The molecule has 2 aromatic rings. The van der Waals surface area contributed by atoms with Crippen molar-refractivity contribution in [3.63, 3.8) is 0 Å². The number of aromatic nitrogens is 3. The molecule has 0 N–H and O–H groups in total. The highest BCUT2D eigenvalue weighted by atomic mass is 16.5. The van der Waals surface area contributed by atoms with Gasteiger partial charge in [-0.1, -0.05) is 11.7 Å². The highest BCUT2D eigenvalue weighted by Crippen LogP contribution is 2.03. The Balaban J connectivity index is 2.88. The van der Waals surface area contributed by atoms with Crippen LogP contribution in [0.2, 0.25) is 0 Å². The zero-order valence-electron chi connectivity index (χ0n) is 5.19. The summed E-state index contributed by atoms with van der Waals surface area (Å²) in [6.07, 6.45) is 5.02. The number of fused-ring (bicyclic) bond motifs is 1. The molecule has 0 saturated heterocycles. The van der Waals surface area contributed by atoms with E-state index in [0.717, 1.165) is 0 Å². The molecular formula is C6H5N3O. The van der Waals surface area contributed by atoms with E-state index in [2.05, 4.69) is 16.7 Å². The summed E-state index contributed by atoms with van der Waals surface area (Å²) in [6.45, 7) is 3.56. The van der Waals surface area contributed by atoms with Gasteiger partial charge in [0.05, 0.1) is 0 Å². The second-order valence-corrected chi connectivity index (χ2v) is 1.82. The van der Waals surface area contributed by atoms with E-state index >= 15 is 0 Å². The Bertz CT molecular complexity index is 360. The molecule has 0 aromatic carbocycles. The van der Waals surface area contributed by atoms with Crippen LogP contribution in [0.15, 0.2) is 23.5 Å². The van der Waals surface area contributed by atoms with E-state index in [-0.39, 0.29) is 0 Å². The molecule has 0 saturated carbocycles. The normalized spacial score (nSPS) is 10.4. The van der Waals surface area contributed by atoms with Crippen molar-refractivity contribution in [1.82, 2.24) is 14.5 Å². The maximum absolute atomic E-state index is 4.81. The monoisotopic (exact) mass is 135 g/mol. The van der Waals surface area contributed by atoms with Crippen LogP contribution in [-0.4, -0.2) is 14.5 Å². The van der Waals surface area contributed by atoms with Gasteiger partial charge < -0.3 is 4.52 Å². The second-order valence-electron chi connectivity index (χ2n) is 1.82. The summed E-state index contributed by atoms with van der Waals surface area (Å²) in [6, 6.07) is 0. The number of hydrogen-bond acceptors (Lipinski definition) is 3. The van der Waals surface area contributed by atoms with Crippen molar-refractivity contribution >= 4 is 11.9 Å². The summed E-state index contributed by atoms with van der Waals surface area (Å²) in [5, 5.41) is 3.68. The molecule has 4 nitrogen and oxygen atoms in total. The lowest BCUT2D eigenvalue weighted by Crippen LogP contribution is -1.80. The van der Waals surface area contributed by atoms with Crippen LogP contribution in [0.3, 0.4) is 0 Å². The minimum absolute atomic E-state index is 0.495. The van der Waals surface area contributed by atoms with Crippen molar-refractivity contribution < 1.29 is 4.52 Å². The van der Waals surface area contributed by atoms with Gasteiger partial charge >= 0.3 is 5.84 Å². The van der Waals surface area contributed by atoms with E-state index < -0.39 is 0 Å². The Morgan fingerprint density at radius 2 is 2.60 bits per heavy atom. The van der Waals surface area contributed by atoms with Gasteiger partial charge in [-0.3, -0.25) is 0 Å². The predicted molar refractivity (Wildman–Crippen MR) is 35.3 cm³/mol. The Labute approximate surface area is 56.8 Å². The smallest absolute Gasteiger partial charge is 0.314 e. The Kier molecular flexibility index (Phi) is 0.887. The van der Waals surface area contributed by atoms with E-state index in [0.29, 0.717) is 11.7 Å². The summed E-state index contributed by atoms with van der Waals surface area (Å²) in [4.78, 5) is 3.87. The molecule has 2 aromatic heterocycles. The Hall–Kier alpha value is -1.58. The highest BCUT2D eigenvalue weighted by Gasteiger charge is 2.01. The Morgan fingerprint density at radius 1 is 1.70 bits per heavy atom. The molecule has 0 unspecified atom stereocenters. The van der Waals surface area contributed by atoms with E-state index in [1.165, 1.54) is 0 Å². The third-order valence-corrected chi connectivity index (χ3v) is 1.26. The average Bonchev–Trinajstić information content (AvgIpc) is 2.44. The molecule has 0 radical (unpaired) electrons. The minimum atomic E-state index is 0.495. The first-order valence-corrected chi connectivity index (χ1v) is 2.83. The molecule has 0 aliphatic carbocycles. The van der Waals surface area contributed by atoms with Crippen LogP contribution in [-0.2, 0) is 0 Å². The molecule has 10 heavy (non-hydrogen) atoms. The molecule has 0 atom stereocenters. The van der Waals surface area contributed by atoms with Gasteiger partial charge in [0.2, 0.25) is 0 Å². The highest BCUT2D eigenvalue weighted by molar-refractivity contribution is 5.40. The van der Waals surface area contributed by atoms with Gasteiger partial charge in [0.25, 0.3) is 0 Å². The Morgan fingerprint density at radius 3 is 3.40 bits per heavy atom. The van der Waals surface area contributed by atoms with Crippen LogP contribution in [0.5, 0.6) is 0 Å². The molecular weight excluding hydrogens is 130 g/mol. The molecule has 0 amide bonds. The van der Waals surface area contributed by atoms with Gasteiger partial charge in [0.1, 0.15) is 0 Å². The summed E-state index contributed by atoms with van der Waals surface area (Å²) >= 11 is 0. The maximum atomic E-state index is 4.81. The van der Waals surface area contributed by atoms with Gasteiger partial charge in [-0.05, 0) is 6.08 Å². The van der Waals surface area contributed by atoms with E-state index in [1.54, 1.807) is 22.9 Å². The SMILES string of the molecule is C=Cc1noc2nccn12. The van der Waals surface area contributed by atoms with Crippen LogP contribution in [0.4, 0.5) is 0 Å². The lowest BCUT2D eigenvalue weighted by molar-refractivity contribution is 0.446. The second kappa shape index (κ2) is 1.70. The van der Waals surface area contributed by atoms with Gasteiger partial charge in [-0.15, -0.1) is 0 Å². The van der Waals surface area contributed by atoms with Crippen molar-refractivity contribution in [3.05, 3.63) is 24.8 Å². The summed E-state index contributed by atoms with van der Waals surface area (Å²) < 4.78 is 6.53. The van der Waals surface area contributed by atoms with Gasteiger partial charge in [-0.2, -0.15) is 0 Å². The molecule has 2 rings (SSSR count). The quantitative estimate of drug-likeness (QED) is 0.585. The van der Waals surface area contributed by atoms with E-state index in [9.17, 15) is 0 Å². The molecule has 0 aliphatic rings. The lowest BCUT2D eigenvalue weighted by Gasteiger charge is -1.78. The van der Waals surface area contributed by atoms with Crippen LogP contribution in [0, 0.1) is 0 Å². The zero-order valence-corrected chi connectivity index (χ0v) is 5.19. The summed E-state index contributed by atoms with van der Waals surface area (Å²) in [5.74, 6) is 1.17.